The number of benzene rings is 2. The molecule has 188 valence electrons. The molecule has 0 spiro atoms. The van der Waals surface area contributed by atoms with Gasteiger partial charge in [0.15, 0.2) is 11.1 Å². The number of nitrogens with one attached hydrogen (secondary N) is 1. The third-order valence-corrected chi connectivity index (χ3v) is 6.55. The predicted octanol–water partition coefficient (Wildman–Crippen LogP) is 4.12. The SMILES string of the molecule is Cc1cc(CCNc2ccc(Cl)nc2C(=O)O)c2oc(N3Cc4ccc(C(N)=O)cc4C3)cc(=O)c2c1. The molecular weight excluding hydrogens is 496 g/mol. The largest absolute Gasteiger partial charge is 0.476 e. The van der Waals surface area contributed by atoms with Crippen LogP contribution >= 0.6 is 11.6 Å². The molecule has 2 aromatic heterocycles. The van der Waals surface area contributed by atoms with Crippen LogP contribution in [0, 0.1) is 6.92 Å². The molecule has 0 aliphatic carbocycles. The van der Waals surface area contributed by atoms with E-state index in [2.05, 4.69) is 10.3 Å². The average molecular weight is 519 g/mol. The Bertz CT molecular complexity index is 1630. The molecule has 0 fully saturated rings. The van der Waals surface area contributed by atoms with Crippen molar-refractivity contribution < 1.29 is 19.1 Å². The molecule has 1 amide bonds. The van der Waals surface area contributed by atoms with Gasteiger partial charge in [-0.05, 0) is 65.9 Å². The van der Waals surface area contributed by atoms with Crippen molar-refractivity contribution in [2.75, 3.05) is 16.8 Å². The lowest BCUT2D eigenvalue weighted by Crippen LogP contribution is -2.17. The summed E-state index contributed by atoms with van der Waals surface area (Å²) < 4.78 is 6.28. The lowest BCUT2D eigenvalue weighted by molar-refractivity contribution is 0.0691. The van der Waals surface area contributed by atoms with Crippen molar-refractivity contribution in [1.82, 2.24) is 4.98 Å². The fourth-order valence-corrected chi connectivity index (χ4v) is 4.74. The Morgan fingerprint density at radius 1 is 1.14 bits per heavy atom. The zero-order valence-corrected chi connectivity index (χ0v) is 20.6. The van der Waals surface area contributed by atoms with E-state index in [4.69, 9.17) is 21.8 Å². The van der Waals surface area contributed by atoms with Crippen molar-refractivity contribution in [2.45, 2.75) is 26.4 Å². The number of aryl methyl sites for hydroxylation is 1. The Morgan fingerprint density at radius 3 is 2.68 bits per heavy atom. The molecule has 2 aromatic carbocycles. The van der Waals surface area contributed by atoms with Gasteiger partial charge in [-0.2, -0.15) is 0 Å². The van der Waals surface area contributed by atoms with Gasteiger partial charge in [-0.1, -0.05) is 23.7 Å². The number of aromatic carboxylic acids is 1. The fourth-order valence-electron chi connectivity index (χ4n) is 4.59. The first kappa shape index (κ1) is 24.3. The number of primary amides is 1. The summed E-state index contributed by atoms with van der Waals surface area (Å²) in [7, 11) is 0. The van der Waals surface area contributed by atoms with Crippen molar-refractivity contribution in [3.05, 3.63) is 97.4 Å². The molecule has 1 aliphatic rings. The van der Waals surface area contributed by atoms with Crippen LogP contribution in [0.2, 0.25) is 5.15 Å². The van der Waals surface area contributed by atoms with E-state index in [1.807, 2.05) is 24.0 Å². The van der Waals surface area contributed by atoms with Crippen LogP contribution in [0.25, 0.3) is 11.0 Å². The summed E-state index contributed by atoms with van der Waals surface area (Å²) in [6, 6.07) is 13.7. The number of carbonyl (C=O) groups is 2. The van der Waals surface area contributed by atoms with E-state index in [9.17, 15) is 19.5 Å². The molecule has 0 bridgehead atoms. The van der Waals surface area contributed by atoms with Gasteiger partial charge in [0.05, 0.1) is 11.1 Å². The lowest BCUT2D eigenvalue weighted by atomic mass is 10.0. The van der Waals surface area contributed by atoms with Crippen LogP contribution < -0.4 is 21.4 Å². The minimum absolute atomic E-state index is 0.0943. The van der Waals surface area contributed by atoms with Crippen molar-refractivity contribution in [3.63, 3.8) is 0 Å². The summed E-state index contributed by atoms with van der Waals surface area (Å²) in [4.78, 5) is 42.0. The molecule has 0 unspecified atom stereocenters. The number of pyridine rings is 1. The number of fused-ring (bicyclic) bond motifs is 2. The molecule has 37 heavy (non-hydrogen) atoms. The highest BCUT2D eigenvalue weighted by Gasteiger charge is 2.23. The van der Waals surface area contributed by atoms with Gasteiger partial charge in [-0.15, -0.1) is 0 Å². The number of carboxylic acid groups (broad SMARTS) is 1. The zero-order valence-electron chi connectivity index (χ0n) is 19.9. The maximum Gasteiger partial charge on any atom is 0.356 e. The molecule has 9 nitrogen and oxygen atoms in total. The number of nitrogens with two attached hydrogens (primary N) is 1. The van der Waals surface area contributed by atoms with Gasteiger partial charge in [0.2, 0.25) is 11.8 Å². The summed E-state index contributed by atoms with van der Waals surface area (Å²) in [6.07, 6.45) is 0.467. The number of halogens is 1. The topological polar surface area (TPSA) is 139 Å². The standard InChI is InChI=1S/C27H23ClN4O5/c1-14-8-15(6-7-30-20-4-5-22(28)31-24(20)27(35)36)25-19(9-14)21(33)11-23(37-25)32-12-17-3-2-16(26(29)34)10-18(17)13-32/h2-5,8-11,30H,6-7,12-13H2,1H3,(H2,29,34)(H,35,36). The molecule has 1 aliphatic heterocycles. The van der Waals surface area contributed by atoms with E-state index < -0.39 is 11.9 Å². The van der Waals surface area contributed by atoms with E-state index in [-0.39, 0.29) is 16.3 Å². The molecule has 5 rings (SSSR count). The first-order valence-corrected chi connectivity index (χ1v) is 11.9. The van der Waals surface area contributed by atoms with Crippen LogP contribution in [-0.2, 0) is 19.5 Å². The van der Waals surface area contributed by atoms with E-state index in [1.165, 1.54) is 12.1 Å². The number of anilines is 2. The van der Waals surface area contributed by atoms with Crippen LogP contribution in [0.1, 0.15) is 43.1 Å². The number of amides is 1. The Hall–Kier alpha value is -4.37. The number of hydrogen-bond acceptors (Lipinski definition) is 7. The predicted molar refractivity (Wildman–Crippen MR) is 140 cm³/mol. The Morgan fingerprint density at radius 2 is 1.92 bits per heavy atom. The summed E-state index contributed by atoms with van der Waals surface area (Å²) in [5.41, 5.74) is 10.1. The third-order valence-electron chi connectivity index (χ3n) is 6.34. The summed E-state index contributed by atoms with van der Waals surface area (Å²) >= 11 is 5.84. The maximum atomic E-state index is 13.1. The van der Waals surface area contributed by atoms with Gasteiger partial charge in [-0.25, -0.2) is 9.78 Å². The number of rotatable bonds is 7. The van der Waals surface area contributed by atoms with Gasteiger partial charge in [0.1, 0.15) is 10.7 Å². The molecule has 0 radical (unpaired) electrons. The summed E-state index contributed by atoms with van der Waals surface area (Å²) in [6.45, 7) is 3.30. The minimum atomic E-state index is -1.18. The van der Waals surface area contributed by atoms with Gasteiger partial charge >= 0.3 is 5.97 Å². The fraction of sp³-hybridized carbons (Fsp3) is 0.185. The second kappa shape index (κ2) is 9.59. The van der Waals surface area contributed by atoms with Crippen LogP contribution in [0.3, 0.4) is 0 Å². The van der Waals surface area contributed by atoms with Crippen LogP contribution in [0.15, 0.2) is 57.7 Å². The minimum Gasteiger partial charge on any atom is -0.476 e. The normalized spacial score (nSPS) is 12.5. The number of carbonyl (C=O) groups excluding carboxylic acids is 1. The van der Waals surface area contributed by atoms with Gasteiger partial charge in [0, 0.05) is 31.3 Å². The van der Waals surface area contributed by atoms with Crippen LogP contribution in [0.5, 0.6) is 0 Å². The highest BCUT2D eigenvalue weighted by molar-refractivity contribution is 6.29. The Kier molecular flexibility index (Phi) is 6.31. The molecule has 10 heteroatoms. The zero-order chi connectivity index (χ0) is 26.3. The Balaban J connectivity index is 1.43. The van der Waals surface area contributed by atoms with Crippen molar-refractivity contribution >= 4 is 46.0 Å². The highest BCUT2D eigenvalue weighted by atomic mass is 35.5. The third kappa shape index (κ3) is 4.85. The van der Waals surface area contributed by atoms with Crippen LogP contribution in [0.4, 0.5) is 11.6 Å². The monoisotopic (exact) mass is 518 g/mol. The first-order valence-electron chi connectivity index (χ1n) is 11.6. The number of aromatic nitrogens is 1. The number of hydrogen-bond donors (Lipinski definition) is 3. The lowest BCUT2D eigenvalue weighted by Gasteiger charge is -2.17. The number of carboxylic acids is 1. The smallest absolute Gasteiger partial charge is 0.356 e. The second-order valence-corrected chi connectivity index (χ2v) is 9.35. The van der Waals surface area contributed by atoms with E-state index in [0.29, 0.717) is 54.2 Å². The number of nitrogens with zero attached hydrogens (tertiary/aromatic N) is 2. The van der Waals surface area contributed by atoms with E-state index in [1.54, 1.807) is 24.3 Å². The molecule has 4 N–H and O–H groups in total. The van der Waals surface area contributed by atoms with Crippen molar-refractivity contribution in [3.8, 4) is 0 Å². The maximum absolute atomic E-state index is 13.1. The quantitative estimate of drug-likeness (QED) is 0.310. The Labute approximate surface area is 216 Å². The average Bonchev–Trinajstić information content (AvgIpc) is 3.28. The molecule has 3 heterocycles. The molecule has 0 atom stereocenters. The molecule has 0 saturated carbocycles. The second-order valence-electron chi connectivity index (χ2n) is 8.97. The highest BCUT2D eigenvalue weighted by Crippen LogP contribution is 2.31. The molecule has 0 saturated heterocycles. The summed E-state index contributed by atoms with van der Waals surface area (Å²) in [5.74, 6) is -1.24. The van der Waals surface area contributed by atoms with Gasteiger partial charge in [0.25, 0.3) is 0 Å². The molecular formula is C27H23ClN4O5. The molecule has 4 aromatic rings. The van der Waals surface area contributed by atoms with E-state index >= 15 is 0 Å². The van der Waals surface area contributed by atoms with E-state index in [0.717, 1.165) is 22.3 Å². The van der Waals surface area contributed by atoms with Crippen molar-refractivity contribution in [1.29, 1.82) is 0 Å². The van der Waals surface area contributed by atoms with Crippen molar-refractivity contribution in [2.24, 2.45) is 5.73 Å². The summed E-state index contributed by atoms with van der Waals surface area (Å²) in [5, 5.41) is 13.1. The first-order chi connectivity index (χ1) is 17.7. The van der Waals surface area contributed by atoms with Crippen LogP contribution in [-0.4, -0.2) is 28.5 Å². The van der Waals surface area contributed by atoms with Gasteiger partial charge < -0.3 is 25.5 Å². The van der Waals surface area contributed by atoms with Gasteiger partial charge in [-0.3, -0.25) is 9.59 Å².